The van der Waals surface area contributed by atoms with E-state index >= 15 is 0 Å². The molecule has 0 spiro atoms. The Bertz CT molecular complexity index is 510. The van der Waals surface area contributed by atoms with Gasteiger partial charge in [-0.2, -0.15) is 0 Å². The molecule has 0 aliphatic carbocycles. The Kier molecular flexibility index (Phi) is 4.56. The third-order valence-electron chi connectivity index (χ3n) is 3.30. The maximum Gasteiger partial charge on any atom is 0.335 e. The van der Waals surface area contributed by atoms with Gasteiger partial charge in [0, 0.05) is 25.0 Å². The first-order chi connectivity index (χ1) is 9.58. The molecule has 0 bridgehead atoms. The lowest BCUT2D eigenvalue weighted by molar-refractivity contribution is -0.158. The number of carbonyl (C=O) groups excluding carboxylic acids is 2. The molecule has 1 fully saturated rings. The quantitative estimate of drug-likeness (QED) is 0.611. The molecule has 1 aliphatic rings. The molecule has 1 aromatic rings. The molecule has 1 aliphatic heterocycles. The Morgan fingerprint density at radius 2 is 2.10 bits per heavy atom. The maximum absolute atomic E-state index is 11.9. The molecule has 1 amide bonds. The van der Waals surface area contributed by atoms with E-state index in [0.717, 1.165) is 12.0 Å². The standard InChI is InChI=1S/C16H19NO3/c1-12(2)16(19)20-15(17-10-6-9-14(17)18)11-13-7-4-3-5-8-13/h3-5,7-8,15H,1,6,9-11H2,2H3. The summed E-state index contributed by atoms with van der Waals surface area (Å²) >= 11 is 0. The minimum atomic E-state index is -0.545. The topological polar surface area (TPSA) is 46.6 Å². The fraction of sp³-hybridized carbons (Fsp3) is 0.375. The molecular formula is C16H19NO3. The molecule has 1 heterocycles. The van der Waals surface area contributed by atoms with Crippen LogP contribution in [0, 0.1) is 0 Å². The van der Waals surface area contributed by atoms with Crippen molar-refractivity contribution in [2.24, 2.45) is 0 Å². The number of esters is 1. The number of hydrogen-bond acceptors (Lipinski definition) is 3. The van der Waals surface area contributed by atoms with E-state index < -0.39 is 12.2 Å². The minimum Gasteiger partial charge on any atom is -0.438 e. The summed E-state index contributed by atoms with van der Waals surface area (Å²) in [4.78, 5) is 25.3. The van der Waals surface area contributed by atoms with E-state index in [1.54, 1.807) is 11.8 Å². The lowest BCUT2D eigenvalue weighted by Gasteiger charge is -2.27. The van der Waals surface area contributed by atoms with Gasteiger partial charge in [0.2, 0.25) is 5.91 Å². The van der Waals surface area contributed by atoms with Crippen LogP contribution in [0.25, 0.3) is 0 Å². The normalized spacial score (nSPS) is 16.1. The van der Waals surface area contributed by atoms with Crippen LogP contribution in [0.5, 0.6) is 0 Å². The molecule has 20 heavy (non-hydrogen) atoms. The Morgan fingerprint density at radius 3 is 2.65 bits per heavy atom. The lowest BCUT2D eigenvalue weighted by Crippen LogP contribution is -2.41. The van der Waals surface area contributed by atoms with Crippen molar-refractivity contribution in [3.05, 3.63) is 48.0 Å². The highest BCUT2D eigenvalue weighted by molar-refractivity contribution is 5.87. The number of ether oxygens (including phenoxy) is 1. The van der Waals surface area contributed by atoms with Crippen molar-refractivity contribution in [3.8, 4) is 0 Å². The van der Waals surface area contributed by atoms with Gasteiger partial charge in [0.05, 0.1) is 0 Å². The second-order valence-corrected chi connectivity index (χ2v) is 5.02. The lowest BCUT2D eigenvalue weighted by atomic mass is 10.1. The van der Waals surface area contributed by atoms with E-state index in [4.69, 9.17) is 4.74 Å². The molecule has 4 nitrogen and oxygen atoms in total. The van der Waals surface area contributed by atoms with E-state index in [9.17, 15) is 9.59 Å². The van der Waals surface area contributed by atoms with Gasteiger partial charge >= 0.3 is 5.97 Å². The predicted octanol–water partition coefficient (Wildman–Crippen LogP) is 2.30. The van der Waals surface area contributed by atoms with Gasteiger partial charge in [-0.05, 0) is 18.9 Å². The van der Waals surface area contributed by atoms with Crippen LogP contribution < -0.4 is 0 Å². The van der Waals surface area contributed by atoms with E-state index in [1.165, 1.54) is 0 Å². The molecule has 1 aromatic carbocycles. The van der Waals surface area contributed by atoms with Gasteiger partial charge in [0.25, 0.3) is 0 Å². The Balaban J connectivity index is 2.13. The second-order valence-electron chi connectivity index (χ2n) is 5.02. The number of carbonyl (C=O) groups is 2. The van der Waals surface area contributed by atoms with Crippen LogP contribution >= 0.6 is 0 Å². The first-order valence-corrected chi connectivity index (χ1v) is 6.78. The van der Waals surface area contributed by atoms with Crippen molar-refractivity contribution >= 4 is 11.9 Å². The summed E-state index contributed by atoms with van der Waals surface area (Å²) in [6.45, 7) is 5.83. The van der Waals surface area contributed by atoms with Crippen molar-refractivity contribution in [3.63, 3.8) is 0 Å². The Hall–Kier alpha value is -2.10. The van der Waals surface area contributed by atoms with Crippen molar-refractivity contribution in [2.75, 3.05) is 6.54 Å². The van der Waals surface area contributed by atoms with Crippen molar-refractivity contribution in [2.45, 2.75) is 32.4 Å². The first kappa shape index (κ1) is 14.3. The van der Waals surface area contributed by atoms with Gasteiger partial charge in [-0.1, -0.05) is 36.9 Å². The van der Waals surface area contributed by atoms with Crippen LogP contribution in [-0.2, 0) is 20.7 Å². The third-order valence-corrected chi connectivity index (χ3v) is 3.30. The number of nitrogens with zero attached hydrogens (tertiary/aromatic N) is 1. The monoisotopic (exact) mass is 273 g/mol. The molecule has 4 heteroatoms. The van der Waals surface area contributed by atoms with E-state index in [2.05, 4.69) is 6.58 Å². The maximum atomic E-state index is 11.9. The van der Waals surface area contributed by atoms with Gasteiger partial charge < -0.3 is 9.64 Å². The van der Waals surface area contributed by atoms with Crippen LogP contribution in [-0.4, -0.2) is 29.5 Å². The van der Waals surface area contributed by atoms with Gasteiger partial charge in [-0.15, -0.1) is 0 Å². The van der Waals surface area contributed by atoms with Crippen LogP contribution in [0.4, 0.5) is 0 Å². The SMILES string of the molecule is C=C(C)C(=O)OC(Cc1ccccc1)N1CCCC1=O. The number of rotatable bonds is 5. The van der Waals surface area contributed by atoms with E-state index in [-0.39, 0.29) is 5.91 Å². The fourth-order valence-electron chi connectivity index (χ4n) is 2.23. The van der Waals surface area contributed by atoms with Crippen LogP contribution in [0.3, 0.4) is 0 Å². The zero-order chi connectivity index (χ0) is 14.5. The first-order valence-electron chi connectivity index (χ1n) is 6.78. The van der Waals surface area contributed by atoms with E-state index in [1.807, 2.05) is 30.3 Å². The molecule has 1 saturated heterocycles. The number of benzene rings is 1. The molecule has 1 unspecified atom stereocenters. The molecule has 2 rings (SSSR count). The Morgan fingerprint density at radius 1 is 1.40 bits per heavy atom. The molecular weight excluding hydrogens is 254 g/mol. The second kappa shape index (κ2) is 6.37. The van der Waals surface area contributed by atoms with Crippen molar-refractivity contribution in [1.29, 1.82) is 0 Å². The van der Waals surface area contributed by atoms with Crippen molar-refractivity contribution in [1.82, 2.24) is 4.90 Å². The highest BCUT2D eigenvalue weighted by Crippen LogP contribution is 2.19. The van der Waals surface area contributed by atoms with Crippen molar-refractivity contribution < 1.29 is 14.3 Å². The molecule has 0 N–H and O–H groups in total. The zero-order valence-corrected chi connectivity index (χ0v) is 11.7. The van der Waals surface area contributed by atoms with Gasteiger partial charge in [0.15, 0.2) is 6.23 Å². The van der Waals surface area contributed by atoms with Crippen LogP contribution in [0.1, 0.15) is 25.3 Å². The summed E-state index contributed by atoms with van der Waals surface area (Å²) in [6, 6.07) is 9.71. The van der Waals surface area contributed by atoms with Gasteiger partial charge in [-0.3, -0.25) is 4.79 Å². The van der Waals surface area contributed by atoms with Gasteiger partial charge in [0.1, 0.15) is 0 Å². The number of amides is 1. The highest BCUT2D eigenvalue weighted by Gasteiger charge is 2.30. The fourth-order valence-corrected chi connectivity index (χ4v) is 2.23. The average Bonchev–Trinajstić information content (AvgIpc) is 2.85. The molecule has 1 atom stereocenters. The molecule has 0 aromatic heterocycles. The van der Waals surface area contributed by atoms with Crippen LogP contribution in [0.2, 0.25) is 0 Å². The summed E-state index contributed by atoms with van der Waals surface area (Å²) in [5, 5.41) is 0. The van der Waals surface area contributed by atoms with E-state index in [0.29, 0.717) is 25.0 Å². The zero-order valence-electron chi connectivity index (χ0n) is 11.7. The predicted molar refractivity (Wildman–Crippen MR) is 75.8 cm³/mol. The minimum absolute atomic E-state index is 0.0421. The number of likely N-dealkylation sites (tertiary alicyclic amines) is 1. The molecule has 0 saturated carbocycles. The van der Waals surface area contributed by atoms with Crippen LogP contribution in [0.15, 0.2) is 42.5 Å². The summed E-state index contributed by atoms with van der Waals surface area (Å²) in [5.74, 6) is -0.411. The smallest absolute Gasteiger partial charge is 0.335 e. The third kappa shape index (κ3) is 3.47. The molecule has 0 radical (unpaired) electrons. The Labute approximate surface area is 119 Å². The summed E-state index contributed by atoms with van der Waals surface area (Å²) in [5.41, 5.74) is 1.38. The summed E-state index contributed by atoms with van der Waals surface area (Å²) in [6.07, 6.45) is 1.30. The summed E-state index contributed by atoms with van der Waals surface area (Å²) in [7, 11) is 0. The molecule has 106 valence electrons. The highest BCUT2D eigenvalue weighted by atomic mass is 16.6. The largest absolute Gasteiger partial charge is 0.438 e. The average molecular weight is 273 g/mol. The van der Waals surface area contributed by atoms with Gasteiger partial charge in [-0.25, -0.2) is 4.79 Å². The summed E-state index contributed by atoms with van der Waals surface area (Å²) < 4.78 is 5.44. The number of hydrogen-bond donors (Lipinski definition) is 0.